The van der Waals surface area contributed by atoms with Gasteiger partial charge in [-0.05, 0) is 41.8 Å². The summed E-state index contributed by atoms with van der Waals surface area (Å²) in [6, 6.07) is 11.9. The fourth-order valence-corrected chi connectivity index (χ4v) is 4.35. The standard InChI is InChI=1S/C22H22N6O3S/c1-30-21(29)19-17(7-13-32-19)25-20-18-16(6-8-23-18)26-22(27-20)24-14-2-4-15(5-3-14)28-9-11-31-12-10-28/h2-8,13,23H,9-12H2,1H3,(H2,24,25,26,27). The molecule has 0 unspecified atom stereocenters. The zero-order chi connectivity index (χ0) is 21.9. The van der Waals surface area contributed by atoms with E-state index in [-0.39, 0.29) is 0 Å². The molecule has 0 aliphatic carbocycles. The largest absolute Gasteiger partial charge is 0.465 e. The molecule has 10 heteroatoms. The molecule has 1 saturated heterocycles. The number of aromatic amines is 1. The summed E-state index contributed by atoms with van der Waals surface area (Å²) >= 11 is 1.31. The number of hydrogen-bond donors (Lipinski definition) is 3. The quantitative estimate of drug-likeness (QED) is 0.377. The van der Waals surface area contributed by atoms with E-state index in [2.05, 4.69) is 42.6 Å². The van der Waals surface area contributed by atoms with Crippen LogP contribution in [-0.4, -0.2) is 54.3 Å². The number of fused-ring (bicyclic) bond motifs is 1. The highest BCUT2D eigenvalue weighted by Crippen LogP contribution is 2.30. The normalized spacial score (nSPS) is 13.8. The van der Waals surface area contributed by atoms with Gasteiger partial charge in [-0.15, -0.1) is 11.3 Å². The zero-order valence-electron chi connectivity index (χ0n) is 17.4. The Balaban J connectivity index is 1.39. The first-order valence-corrected chi connectivity index (χ1v) is 11.1. The maximum atomic E-state index is 12.0. The average Bonchev–Trinajstić information content (AvgIpc) is 3.49. The van der Waals surface area contributed by atoms with Crippen molar-refractivity contribution in [2.75, 3.05) is 48.9 Å². The van der Waals surface area contributed by atoms with Gasteiger partial charge in [-0.25, -0.2) is 9.78 Å². The number of methoxy groups -OCH3 is 1. The molecule has 164 valence electrons. The van der Waals surface area contributed by atoms with E-state index >= 15 is 0 Å². The topological polar surface area (TPSA) is 104 Å². The molecular formula is C22H22N6O3S. The van der Waals surface area contributed by atoms with Gasteiger partial charge in [0.1, 0.15) is 10.4 Å². The number of aromatic nitrogens is 3. The van der Waals surface area contributed by atoms with E-state index in [0.717, 1.165) is 48.7 Å². The van der Waals surface area contributed by atoms with Crippen molar-refractivity contribution in [2.24, 2.45) is 0 Å². The number of benzene rings is 1. The van der Waals surface area contributed by atoms with Crippen LogP contribution in [0.3, 0.4) is 0 Å². The van der Waals surface area contributed by atoms with Crippen molar-refractivity contribution in [3.63, 3.8) is 0 Å². The SMILES string of the molecule is COC(=O)c1sccc1Nc1nc(Nc2ccc(N3CCOCC3)cc2)nc2cc[nH]c12. The first-order valence-electron chi connectivity index (χ1n) is 10.2. The number of hydrogen-bond acceptors (Lipinski definition) is 9. The van der Waals surface area contributed by atoms with Gasteiger partial charge in [-0.1, -0.05) is 0 Å². The minimum absolute atomic E-state index is 0.391. The lowest BCUT2D eigenvalue weighted by atomic mass is 10.2. The number of rotatable bonds is 6. The number of morpholine rings is 1. The summed E-state index contributed by atoms with van der Waals surface area (Å²) in [6.45, 7) is 3.29. The fraction of sp³-hybridized carbons (Fsp3) is 0.227. The lowest BCUT2D eigenvalue weighted by Gasteiger charge is -2.28. The van der Waals surface area contributed by atoms with Crippen molar-refractivity contribution in [1.29, 1.82) is 0 Å². The molecule has 1 fully saturated rings. The van der Waals surface area contributed by atoms with Crippen LogP contribution in [-0.2, 0) is 9.47 Å². The van der Waals surface area contributed by atoms with Crippen molar-refractivity contribution in [3.05, 3.63) is 52.9 Å². The molecule has 3 aromatic heterocycles. The van der Waals surface area contributed by atoms with Gasteiger partial charge in [-0.2, -0.15) is 4.98 Å². The van der Waals surface area contributed by atoms with E-state index in [1.807, 2.05) is 29.6 Å². The van der Waals surface area contributed by atoms with Gasteiger partial charge < -0.3 is 30.0 Å². The highest BCUT2D eigenvalue weighted by Gasteiger charge is 2.17. The van der Waals surface area contributed by atoms with Crippen LogP contribution in [0.4, 0.5) is 28.8 Å². The van der Waals surface area contributed by atoms with E-state index in [1.165, 1.54) is 18.4 Å². The molecule has 0 saturated carbocycles. The molecule has 1 aliphatic heterocycles. The Morgan fingerprint density at radius 3 is 2.72 bits per heavy atom. The zero-order valence-corrected chi connectivity index (χ0v) is 18.2. The third-order valence-corrected chi connectivity index (χ3v) is 6.09. The smallest absolute Gasteiger partial charge is 0.350 e. The number of esters is 1. The Kier molecular flexibility index (Phi) is 5.61. The van der Waals surface area contributed by atoms with E-state index in [9.17, 15) is 4.79 Å². The number of carbonyl (C=O) groups excluding carboxylic acids is 1. The number of thiophene rings is 1. The predicted molar refractivity (Wildman–Crippen MR) is 126 cm³/mol. The van der Waals surface area contributed by atoms with Crippen molar-refractivity contribution in [1.82, 2.24) is 15.0 Å². The summed E-state index contributed by atoms with van der Waals surface area (Å²) in [5.74, 6) is 0.627. The maximum Gasteiger partial charge on any atom is 0.350 e. The second-order valence-corrected chi connectivity index (χ2v) is 8.10. The number of ether oxygens (including phenoxy) is 2. The van der Waals surface area contributed by atoms with Gasteiger partial charge in [-0.3, -0.25) is 0 Å². The Labute approximate surface area is 188 Å². The van der Waals surface area contributed by atoms with E-state index in [1.54, 1.807) is 6.20 Å². The van der Waals surface area contributed by atoms with Crippen LogP contribution in [0.15, 0.2) is 48.0 Å². The average molecular weight is 451 g/mol. The van der Waals surface area contributed by atoms with Crippen molar-refractivity contribution in [3.8, 4) is 0 Å². The number of anilines is 5. The molecule has 0 radical (unpaired) electrons. The van der Waals surface area contributed by atoms with Crippen molar-refractivity contribution >= 4 is 57.2 Å². The molecule has 32 heavy (non-hydrogen) atoms. The minimum atomic E-state index is -0.391. The van der Waals surface area contributed by atoms with Crippen LogP contribution < -0.4 is 15.5 Å². The summed E-state index contributed by atoms with van der Waals surface area (Å²) in [6.07, 6.45) is 1.81. The Bertz CT molecular complexity index is 1230. The molecular weight excluding hydrogens is 428 g/mol. The number of carbonyl (C=O) groups is 1. The first kappa shape index (κ1) is 20.3. The molecule has 5 rings (SSSR count). The van der Waals surface area contributed by atoms with Gasteiger partial charge >= 0.3 is 5.97 Å². The maximum absolute atomic E-state index is 12.0. The van der Waals surface area contributed by atoms with Gasteiger partial charge in [0.05, 0.1) is 31.5 Å². The second kappa shape index (κ2) is 8.85. The lowest BCUT2D eigenvalue weighted by molar-refractivity contribution is 0.0607. The molecule has 0 atom stereocenters. The van der Waals surface area contributed by atoms with E-state index < -0.39 is 5.97 Å². The molecule has 1 aliphatic rings. The van der Waals surface area contributed by atoms with E-state index in [4.69, 9.17) is 9.47 Å². The summed E-state index contributed by atoms with van der Waals surface area (Å²) in [7, 11) is 1.37. The van der Waals surface area contributed by atoms with Crippen LogP contribution >= 0.6 is 11.3 Å². The van der Waals surface area contributed by atoms with Crippen LogP contribution in [0.5, 0.6) is 0 Å². The number of nitrogens with one attached hydrogen (secondary N) is 3. The van der Waals surface area contributed by atoms with Crippen molar-refractivity contribution < 1.29 is 14.3 Å². The van der Waals surface area contributed by atoms with Crippen LogP contribution in [0.2, 0.25) is 0 Å². The fourth-order valence-electron chi connectivity index (χ4n) is 3.58. The molecule has 9 nitrogen and oxygen atoms in total. The van der Waals surface area contributed by atoms with Crippen molar-refractivity contribution in [2.45, 2.75) is 0 Å². The third kappa shape index (κ3) is 4.10. The number of nitrogens with zero attached hydrogens (tertiary/aromatic N) is 3. The van der Waals surface area contributed by atoms with Gasteiger partial charge in [0.2, 0.25) is 5.95 Å². The Morgan fingerprint density at radius 1 is 1.12 bits per heavy atom. The molecule has 0 bridgehead atoms. The Hall–Kier alpha value is -3.63. The van der Waals surface area contributed by atoms with Crippen LogP contribution in [0.1, 0.15) is 9.67 Å². The van der Waals surface area contributed by atoms with Crippen LogP contribution in [0.25, 0.3) is 11.0 Å². The summed E-state index contributed by atoms with van der Waals surface area (Å²) in [4.78, 5) is 27.2. The van der Waals surface area contributed by atoms with Gasteiger partial charge in [0, 0.05) is 30.7 Å². The molecule has 0 amide bonds. The Morgan fingerprint density at radius 2 is 1.94 bits per heavy atom. The molecule has 4 heterocycles. The summed E-state index contributed by atoms with van der Waals surface area (Å²) in [5.41, 5.74) is 4.19. The molecule has 0 spiro atoms. The summed E-state index contributed by atoms with van der Waals surface area (Å²) in [5, 5.41) is 8.35. The lowest BCUT2D eigenvalue weighted by Crippen LogP contribution is -2.36. The molecule has 1 aromatic carbocycles. The van der Waals surface area contributed by atoms with Crippen LogP contribution in [0, 0.1) is 0 Å². The van der Waals surface area contributed by atoms with E-state index in [0.29, 0.717) is 22.3 Å². The van der Waals surface area contributed by atoms with Gasteiger partial charge in [0.15, 0.2) is 5.82 Å². The second-order valence-electron chi connectivity index (χ2n) is 7.19. The third-order valence-electron chi connectivity index (χ3n) is 5.19. The first-order chi connectivity index (χ1) is 15.7. The molecule has 4 aromatic rings. The van der Waals surface area contributed by atoms with Gasteiger partial charge in [0.25, 0.3) is 0 Å². The number of H-pyrrole nitrogens is 1. The highest BCUT2D eigenvalue weighted by atomic mass is 32.1. The molecule has 3 N–H and O–H groups in total. The highest BCUT2D eigenvalue weighted by molar-refractivity contribution is 7.12. The summed E-state index contributed by atoms with van der Waals surface area (Å²) < 4.78 is 10.3. The minimum Gasteiger partial charge on any atom is -0.465 e. The predicted octanol–water partition coefficient (Wildman–Crippen LogP) is 4.13. The monoisotopic (exact) mass is 450 g/mol.